The Morgan fingerprint density at radius 3 is 2.14 bits per heavy atom. The van der Waals surface area contributed by atoms with E-state index in [0.29, 0.717) is 28.8 Å². The maximum absolute atomic E-state index is 12.9. The van der Waals surface area contributed by atoms with E-state index >= 15 is 0 Å². The van der Waals surface area contributed by atoms with Crippen molar-refractivity contribution < 1.29 is 31.9 Å². The van der Waals surface area contributed by atoms with Crippen LogP contribution in [0.5, 0.6) is 0 Å². The number of nitrogens with one attached hydrogen (secondary N) is 1. The molecule has 4 aromatic rings. The first kappa shape index (κ1) is 24.7. The van der Waals surface area contributed by atoms with Crippen LogP contribution in [0.4, 0.5) is 30.2 Å². The molecular formula is C21H16F3IN4O6. The summed E-state index contributed by atoms with van der Waals surface area (Å²) in [6, 6.07) is 7.18. The van der Waals surface area contributed by atoms with E-state index in [1.54, 1.807) is 12.1 Å². The number of benzene rings is 2. The number of alkyl halides is 3. The summed E-state index contributed by atoms with van der Waals surface area (Å²) in [5.41, 5.74) is 1.29. The van der Waals surface area contributed by atoms with Gasteiger partial charge in [-0.15, -0.1) is 0 Å². The summed E-state index contributed by atoms with van der Waals surface area (Å²) in [5.74, 6) is 0. The zero-order chi connectivity index (χ0) is 25.3. The Balaban J connectivity index is 0.000000189. The fourth-order valence-corrected chi connectivity index (χ4v) is 4.46. The van der Waals surface area contributed by atoms with E-state index in [1.165, 1.54) is 41.7 Å². The van der Waals surface area contributed by atoms with Gasteiger partial charge in [0.1, 0.15) is 11.6 Å². The van der Waals surface area contributed by atoms with Crippen LogP contribution in [0.1, 0.15) is 0 Å². The van der Waals surface area contributed by atoms with Crippen molar-refractivity contribution in [2.75, 3.05) is 24.5 Å². The van der Waals surface area contributed by atoms with Gasteiger partial charge in [0.2, 0.25) is 0 Å². The van der Waals surface area contributed by atoms with Gasteiger partial charge in [-0.1, -0.05) is 0 Å². The summed E-state index contributed by atoms with van der Waals surface area (Å²) in [5, 5.41) is 25.1. The van der Waals surface area contributed by atoms with Crippen molar-refractivity contribution in [1.82, 2.24) is 5.32 Å². The SMILES string of the molecule is O=[N+]([O-])c1cc(I)c2occc2c1.O=[N+]([O-])c1cc(N2CCNC(C(F)(F)F)C2)c2occc2c1. The van der Waals surface area contributed by atoms with Gasteiger partial charge in [0.25, 0.3) is 11.4 Å². The number of furan rings is 2. The largest absolute Gasteiger partial charge is 0.463 e. The fraction of sp³-hybridized carbons (Fsp3) is 0.238. The smallest absolute Gasteiger partial charge is 0.405 e. The number of non-ortho nitro benzene ring substituents is 2. The molecule has 5 rings (SSSR count). The van der Waals surface area contributed by atoms with Crippen molar-refractivity contribution in [1.29, 1.82) is 0 Å². The minimum atomic E-state index is -4.37. The Morgan fingerprint density at radius 1 is 0.971 bits per heavy atom. The van der Waals surface area contributed by atoms with E-state index in [4.69, 9.17) is 8.83 Å². The molecule has 0 bridgehead atoms. The zero-order valence-electron chi connectivity index (χ0n) is 17.6. The Labute approximate surface area is 208 Å². The molecule has 2 aromatic carbocycles. The number of halogens is 4. The van der Waals surface area contributed by atoms with E-state index in [9.17, 15) is 33.4 Å². The number of hydrogen-bond donors (Lipinski definition) is 1. The second-order valence-corrected chi connectivity index (χ2v) is 8.74. The highest BCUT2D eigenvalue weighted by molar-refractivity contribution is 14.1. The molecule has 1 atom stereocenters. The molecule has 0 radical (unpaired) electrons. The third kappa shape index (κ3) is 5.32. The molecule has 0 spiro atoms. The molecule has 0 aliphatic carbocycles. The second-order valence-electron chi connectivity index (χ2n) is 7.58. The van der Waals surface area contributed by atoms with Crippen LogP contribution in [0.2, 0.25) is 0 Å². The van der Waals surface area contributed by atoms with Gasteiger partial charge in [-0.3, -0.25) is 20.2 Å². The molecule has 1 aliphatic rings. The lowest BCUT2D eigenvalue weighted by molar-refractivity contribution is -0.384. The lowest BCUT2D eigenvalue weighted by atomic mass is 10.1. The van der Waals surface area contributed by atoms with Gasteiger partial charge in [0.15, 0.2) is 5.58 Å². The molecule has 184 valence electrons. The standard InChI is InChI=1S/C13H12F3N3O3.C8H4INO3/c14-13(15,16)11-7-18(3-2-17-11)10-6-9(19(20)21)5-8-1-4-22-12(8)10;9-7-4-6(10(11)12)3-5-1-2-13-8(5)7/h1,4-6,11,17H,2-3,7H2;1-4H. The van der Waals surface area contributed by atoms with Gasteiger partial charge in [0, 0.05) is 54.7 Å². The van der Waals surface area contributed by atoms with Crippen LogP contribution in [-0.2, 0) is 0 Å². The van der Waals surface area contributed by atoms with Gasteiger partial charge in [-0.25, -0.2) is 0 Å². The normalized spacial score (nSPS) is 16.2. The van der Waals surface area contributed by atoms with Crippen molar-refractivity contribution in [3.8, 4) is 0 Å². The second kappa shape index (κ2) is 9.69. The predicted molar refractivity (Wildman–Crippen MR) is 129 cm³/mol. The quantitative estimate of drug-likeness (QED) is 0.181. The number of piperazine rings is 1. The summed E-state index contributed by atoms with van der Waals surface area (Å²) in [4.78, 5) is 22.0. The zero-order valence-corrected chi connectivity index (χ0v) is 19.8. The van der Waals surface area contributed by atoms with Crippen LogP contribution in [-0.4, -0.2) is 41.7 Å². The molecule has 14 heteroatoms. The third-order valence-corrected chi connectivity index (χ3v) is 6.14. The Morgan fingerprint density at radius 2 is 1.54 bits per heavy atom. The maximum Gasteiger partial charge on any atom is 0.405 e. The van der Waals surface area contributed by atoms with E-state index in [-0.39, 0.29) is 24.5 Å². The summed E-state index contributed by atoms with van der Waals surface area (Å²) >= 11 is 2.02. The molecule has 1 N–H and O–H groups in total. The Hall–Kier alpha value is -3.40. The number of anilines is 1. The summed E-state index contributed by atoms with van der Waals surface area (Å²) < 4.78 is 49.8. The van der Waals surface area contributed by atoms with E-state index in [1.807, 2.05) is 22.6 Å². The van der Waals surface area contributed by atoms with Gasteiger partial charge >= 0.3 is 6.18 Å². The highest BCUT2D eigenvalue weighted by Gasteiger charge is 2.42. The summed E-state index contributed by atoms with van der Waals surface area (Å²) in [7, 11) is 0. The average Bonchev–Trinajstić information content (AvgIpc) is 3.48. The molecular weight excluding hydrogens is 588 g/mol. The topological polar surface area (TPSA) is 128 Å². The molecule has 1 aliphatic heterocycles. The summed E-state index contributed by atoms with van der Waals surface area (Å²) in [6.45, 7) is 0.124. The molecule has 2 aromatic heterocycles. The van der Waals surface area contributed by atoms with Crippen LogP contribution >= 0.6 is 22.6 Å². The van der Waals surface area contributed by atoms with Crippen molar-refractivity contribution in [3.63, 3.8) is 0 Å². The third-order valence-electron chi connectivity index (χ3n) is 5.34. The first-order chi connectivity index (χ1) is 16.5. The molecule has 3 heterocycles. The molecule has 1 unspecified atom stereocenters. The number of fused-ring (bicyclic) bond motifs is 2. The first-order valence-electron chi connectivity index (χ1n) is 10.1. The van der Waals surface area contributed by atoms with Gasteiger partial charge in [-0.2, -0.15) is 13.2 Å². The lowest BCUT2D eigenvalue weighted by Gasteiger charge is -2.35. The highest BCUT2D eigenvalue weighted by Crippen LogP contribution is 2.34. The van der Waals surface area contributed by atoms with Crippen LogP contribution in [0.25, 0.3) is 21.9 Å². The van der Waals surface area contributed by atoms with Crippen LogP contribution in [0.3, 0.4) is 0 Å². The summed E-state index contributed by atoms with van der Waals surface area (Å²) in [6.07, 6.45) is -1.49. The average molecular weight is 604 g/mol. The fourth-order valence-electron chi connectivity index (χ4n) is 3.70. The van der Waals surface area contributed by atoms with Crippen molar-refractivity contribution in [2.24, 2.45) is 0 Å². The first-order valence-corrected chi connectivity index (χ1v) is 11.1. The molecule has 1 fully saturated rings. The number of rotatable bonds is 3. The minimum absolute atomic E-state index is 0.0956. The van der Waals surface area contributed by atoms with E-state index < -0.39 is 22.1 Å². The van der Waals surface area contributed by atoms with E-state index in [0.717, 1.165) is 8.96 Å². The van der Waals surface area contributed by atoms with Crippen molar-refractivity contribution >= 4 is 61.6 Å². The molecule has 35 heavy (non-hydrogen) atoms. The monoisotopic (exact) mass is 604 g/mol. The highest BCUT2D eigenvalue weighted by atomic mass is 127. The number of nitro benzene ring substituents is 2. The van der Waals surface area contributed by atoms with Gasteiger partial charge < -0.3 is 19.1 Å². The maximum atomic E-state index is 12.9. The lowest BCUT2D eigenvalue weighted by Crippen LogP contribution is -2.57. The Bertz CT molecular complexity index is 1400. The van der Waals surface area contributed by atoms with Crippen LogP contribution in [0.15, 0.2) is 57.8 Å². The Kier molecular flexibility index (Phi) is 6.84. The van der Waals surface area contributed by atoms with Crippen molar-refractivity contribution in [2.45, 2.75) is 12.2 Å². The molecule has 0 amide bonds. The van der Waals surface area contributed by atoms with Gasteiger partial charge in [0.05, 0.1) is 31.6 Å². The molecule has 10 nitrogen and oxygen atoms in total. The minimum Gasteiger partial charge on any atom is -0.463 e. The molecule has 0 saturated carbocycles. The van der Waals surface area contributed by atoms with Gasteiger partial charge in [-0.05, 0) is 34.7 Å². The number of nitro groups is 2. The van der Waals surface area contributed by atoms with Crippen molar-refractivity contribution in [3.05, 3.63) is 72.7 Å². The van der Waals surface area contributed by atoms with Crippen LogP contribution < -0.4 is 10.2 Å². The number of nitrogens with zero attached hydrogens (tertiary/aromatic N) is 3. The molecule has 1 saturated heterocycles. The number of hydrogen-bond acceptors (Lipinski definition) is 8. The van der Waals surface area contributed by atoms with E-state index in [2.05, 4.69) is 5.32 Å². The predicted octanol–water partition coefficient (Wildman–Crippen LogP) is 5.63. The van der Waals surface area contributed by atoms with Crippen LogP contribution in [0, 0.1) is 23.8 Å².